The van der Waals surface area contributed by atoms with Crippen LogP contribution in [-0.2, 0) is 11.3 Å². The molecule has 1 unspecified atom stereocenters. The van der Waals surface area contributed by atoms with Gasteiger partial charge in [0.25, 0.3) is 5.91 Å². The van der Waals surface area contributed by atoms with Crippen molar-refractivity contribution in [2.75, 3.05) is 6.54 Å². The largest absolute Gasteiger partial charge is 0.368 e. The van der Waals surface area contributed by atoms with E-state index in [0.29, 0.717) is 30.2 Å². The molecule has 1 aliphatic rings. The summed E-state index contributed by atoms with van der Waals surface area (Å²) in [5.41, 5.74) is 11.1. The van der Waals surface area contributed by atoms with E-state index in [2.05, 4.69) is 4.98 Å². The number of nitrogens with zero attached hydrogens (tertiary/aromatic N) is 2. The van der Waals surface area contributed by atoms with E-state index >= 15 is 0 Å². The molecule has 1 saturated heterocycles. The van der Waals surface area contributed by atoms with Gasteiger partial charge >= 0.3 is 0 Å². The number of amides is 2. The molecule has 0 aromatic carbocycles. The molecule has 1 aromatic rings. The minimum absolute atomic E-state index is 0.234. The third-order valence-electron chi connectivity index (χ3n) is 2.79. The van der Waals surface area contributed by atoms with Crippen LogP contribution in [0.15, 0.2) is 5.38 Å². The molecule has 2 heterocycles. The topological polar surface area (TPSA) is 102 Å². The molecule has 6 nitrogen and oxygen atoms in total. The molecular formula is C10H14N4O2S. The van der Waals surface area contributed by atoms with Crippen molar-refractivity contribution in [3.05, 3.63) is 16.1 Å². The van der Waals surface area contributed by atoms with Gasteiger partial charge in [0.1, 0.15) is 16.7 Å². The quantitative estimate of drug-likeness (QED) is 0.772. The van der Waals surface area contributed by atoms with Crippen LogP contribution in [0.25, 0.3) is 0 Å². The highest BCUT2D eigenvalue weighted by molar-refractivity contribution is 7.09. The zero-order valence-corrected chi connectivity index (χ0v) is 10.1. The van der Waals surface area contributed by atoms with Crippen LogP contribution >= 0.6 is 11.3 Å². The van der Waals surface area contributed by atoms with E-state index < -0.39 is 11.9 Å². The highest BCUT2D eigenvalue weighted by Crippen LogP contribution is 2.20. The maximum atomic E-state index is 12.1. The molecule has 0 aliphatic carbocycles. The number of hydrogen-bond donors (Lipinski definition) is 2. The zero-order chi connectivity index (χ0) is 12.4. The number of nitrogens with two attached hydrogens (primary N) is 2. The number of thiazole rings is 1. The van der Waals surface area contributed by atoms with Crippen LogP contribution in [0.2, 0.25) is 0 Å². The second kappa shape index (κ2) is 4.80. The fourth-order valence-electron chi connectivity index (χ4n) is 1.96. The third kappa shape index (κ3) is 2.29. The molecule has 1 atom stereocenters. The van der Waals surface area contributed by atoms with Crippen LogP contribution in [0.4, 0.5) is 0 Å². The van der Waals surface area contributed by atoms with Crippen molar-refractivity contribution in [2.24, 2.45) is 11.5 Å². The first-order chi connectivity index (χ1) is 8.13. The summed E-state index contributed by atoms with van der Waals surface area (Å²) >= 11 is 1.35. The maximum Gasteiger partial charge on any atom is 0.274 e. The first-order valence-electron chi connectivity index (χ1n) is 5.38. The summed E-state index contributed by atoms with van der Waals surface area (Å²) in [6, 6.07) is -0.495. The minimum atomic E-state index is -0.495. The monoisotopic (exact) mass is 254 g/mol. The summed E-state index contributed by atoms with van der Waals surface area (Å²) in [5.74, 6) is -0.688. The summed E-state index contributed by atoms with van der Waals surface area (Å²) < 4.78 is 0. The summed E-state index contributed by atoms with van der Waals surface area (Å²) in [6.45, 7) is 0.874. The number of likely N-dealkylation sites (tertiary alicyclic amines) is 1. The summed E-state index contributed by atoms with van der Waals surface area (Å²) in [5, 5.41) is 2.38. The summed E-state index contributed by atoms with van der Waals surface area (Å²) in [4.78, 5) is 28.9. The van der Waals surface area contributed by atoms with Gasteiger partial charge in [0.2, 0.25) is 5.91 Å². The standard InChI is InChI=1S/C10H14N4O2S/c11-4-8-13-6(5-17-8)10(16)14-3-1-2-7(14)9(12)15/h5,7H,1-4,11H2,(H2,12,15). The number of rotatable bonds is 3. The maximum absolute atomic E-state index is 12.1. The van der Waals surface area contributed by atoms with Crippen LogP contribution in [0.3, 0.4) is 0 Å². The first kappa shape index (κ1) is 12.0. The highest BCUT2D eigenvalue weighted by Gasteiger charge is 2.33. The fourth-order valence-corrected chi connectivity index (χ4v) is 2.60. The number of aromatic nitrogens is 1. The van der Waals surface area contributed by atoms with Gasteiger partial charge in [-0.05, 0) is 12.8 Å². The molecular weight excluding hydrogens is 240 g/mol. The van der Waals surface area contributed by atoms with Crippen LogP contribution in [0, 0.1) is 0 Å². The smallest absolute Gasteiger partial charge is 0.274 e. The molecule has 0 bridgehead atoms. The lowest BCUT2D eigenvalue weighted by Gasteiger charge is -2.20. The highest BCUT2D eigenvalue weighted by atomic mass is 32.1. The van der Waals surface area contributed by atoms with Crippen LogP contribution < -0.4 is 11.5 Å². The van der Waals surface area contributed by atoms with Gasteiger partial charge in [0, 0.05) is 18.5 Å². The molecule has 17 heavy (non-hydrogen) atoms. The molecule has 0 spiro atoms. The zero-order valence-electron chi connectivity index (χ0n) is 9.26. The van der Waals surface area contributed by atoms with Crippen molar-refractivity contribution in [2.45, 2.75) is 25.4 Å². The van der Waals surface area contributed by atoms with Crippen LogP contribution in [0.5, 0.6) is 0 Å². The van der Waals surface area contributed by atoms with Gasteiger partial charge in [-0.1, -0.05) is 0 Å². The van der Waals surface area contributed by atoms with Gasteiger partial charge in [-0.15, -0.1) is 11.3 Å². The summed E-state index contributed by atoms with van der Waals surface area (Å²) in [7, 11) is 0. The van der Waals surface area contributed by atoms with Gasteiger partial charge in [0.05, 0.1) is 0 Å². The molecule has 7 heteroatoms. The van der Waals surface area contributed by atoms with Crippen molar-refractivity contribution in [1.82, 2.24) is 9.88 Å². The van der Waals surface area contributed by atoms with Crippen LogP contribution in [-0.4, -0.2) is 34.3 Å². The van der Waals surface area contributed by atoms with E-state index in [4.69, 9.17) is 11.5 Å². The van der Waals surface area contributed by atoms with Gasteiger partial charge < -0.3 is 16.4 Å². The minimum Gasteiger partial charge on any atom is -0.368 e. The molecule has 2 rings (SSSR count). The van der Waals surface area contributed by atoms with E-state index in [9.17, 15) is 9.59 Å². The number of primary amides is 1. The predicted molar refractivity (Wildman–Crippen MR) is 63.3 cm³/mol. The van der Waals surface area contributed by atoms with Gasteiger partial charge in [0.15, 0.2) is 0 Å². The van der Waals surface area contributed by atoms with Crippen molar-refractivity contribution >= 4 is 23.2 Å². The van der Waals surface area contributed by atoms with Gasteiger partial charge in [-0.3, -0.25) is 9.59 Å². The normalized spacial score (nSPS) is 19.6. The molecule has 1 fully saturated rings. The Morgan fingerprint density at radius 1 is 1.59 bits per heavy atom. The van der Waals surface area contributed by atoms with E-state index in [1.165, 1.54) is 16.2 Å². The third-order valence-corrected chi connectivity index (χ3v) is 3.66. The Morgan fingerprint density at radius 2 is 2.35 bits per heavy atom. The lowest BCUT2D eigenvalue weighted by atomic mass is 10.2. The van der Waals surface area contributed by atoms with Gasteiger partial charge in [-0.2, -0.15) is 0 Å². The second-order valence-electron chi connectivity index (χ2n) is 3.89. The Morgan fingerprint density at radius 3 is 2.94 bits per heavy atom. The lowest BCUT2D eigenvalue weighted by molar-refractivity contribution is -0.121. The fraction of sp³-hybridized carbons (Fsp3) is 0.500. The number of hydrogen-bond acceptors (Lipinski definition) is 5. The second-order valence-corrected chi connectivity index (χ2v) is 4.83. The van der Waals surface area contributed by atoms with Crippen LogP contribution in [0.1, 0.15) is 28.3 Å². The van der Waals surface area contributed by atoms with E-state index in [-0.39, 0.29) is 5.91 Å². The molecule has 92 valence electrons. The average Bonchev–Trinajstić information content (AvgIpc) is 2.97. The Bertz CT molecular complexity index is 445. The molecule has 0 radical (unpaired) electrons. The van der Waals surface area contributed by atoms with Crippen molar-refractivity contribution < 1.29 is 9.59 Å². The Labute approximate surface area is 103 Å². The Hall–Kier alpha value is -1.47. The van der Waals surface area contributed by atoms with E-state index in [1.807, 2.05) is 0 Å². The predicted octanol–water partition coefficient (Wildman–Crippen LogP) is -0.308. The first-order valence-corrected chi connectivity index (χ1v) is 6.26. The van der Waals surface area contributed by atoms with E-state index in [1.54, 1.807) is 5.38 Å². The van der Waals surface area contributed by atoms with E-state index in [0.717, 1.165) is 6.42 Å². The Kier molecular flexibility index (Phi) is 3.39. The Balaban J connectivity index is 2.16. The molecule has 1 aromatic heterocycles. The molecule has 4 N–H and O–H groups in total. The van der Waals surface area contributed by atoms with Crippen molar-refractivity contribution in [3.63, 3.8) is 0 Å². The molecule has 2 amide bonds. The molecule has 0 saturated carbocycles. The average molecular weight is 254 g/mol. The summed E-state index contributed by atoms with van der Waals surface area (Å²) in [6.07, 6.45) is 1.43. The number of carbonyl (C=O) groups is 2. The van der Waals surface area contributed by atoms with Crippen molar-refractivity contribution in [3.8, 4) is 0 Å². The lowest BCUT2D eigenvalue weighted by Crippen LogP contribution is -2.43. The van der Waals surface area contributed by atoms with Gasteiger partial charge in [-0.25, -0.2) is 4.98 Å². The van der Waals surface area contributed by atoms with Crippen molar-refractivity contribution in [1.29, 1.82) is 0 Å². The number of carbonyl (C=O) groups excluding carboxylic acids is 2. The SMILES string of the molecule is NCc1nc(C(=O)N2CCCC2C(N)=O)cs1. The molecule has 1 aliphatic heterocycles.